The molecule has 1 aromatic heterocycles. The van der Waals surface area contributed by atoms with Crippen LogP contribution in [0.25, 0.3) is 0 Å². The van der Waals surface area contributed by atoms with E-state index >= 15 is 0 Å². The summed E-state index contributed by atoms with van der Waals surface area (Å²) in [5.74, 6) is -1.17. The van der Waals surface area contributed by atoms with E-state index in [-0.39, 0.29) is 37.7 Å². The molecule has 144 valence electrons. The number of rotatable bonds is 6. The molecule has 0 saturated carbocycles. The molecule has 0 aliphatic carbocycles. The van der Waals surface area contributed by atoms with Gasteiger partial charge in [0.2, 0.25) is 5.91 Å². The highest BCUT2D eigenvalue weighted by atomic mass is 19.1. The van der Waals surface area contributed by atoms with Crippen molar-refractivity contribution in [2.75, 3.05) is 19.7 Å². The topological polar surface area (TPSA) is 110 Å². The van der Waals surface area contributed by atoms with Gasteiger partial charge >= 0.3 is 5.97 Å². The third-order valence-corrected chi connectivity index (χ3v) is 4.41. The van der Waals surface area contributed by atoms with Gasteiger partial charge < -0.3 is 14.7 Å². The molecule has 1 saturated heterocycles. The molecule has 0 radical (unpaired) electrons. The fraction of sp³-hybridized carbons (Fsp3) is 0.471. The molecule has 27 heavy (non-hydrogen) atoms. The second-order valence-electron chi connectivity index (χ2n) is 6.40. The summed E-state index contributed by atoms with van der Waals surface area (Å²) in [6.45, 7) is 2.45. The predicted octanol–water partition coefficient (Wildman–Crippen LogP) is 0.607. The molecular weight excluding hydrogens is 357 g/mol. The number of hydrogen-bond donors (Lipinski definition) is 1. The molecule has 1 aromatic carbocycles. The summed E-state index contributed by atoms with van der Waals surface area (Å²) in [5.41, 5.74) is 0.638. The number of morpholine rings is 1. The second kappa shape index (κ2) is 8.21. The minimum Gasteiger partial charge on any atom is -0.481 e. The van der Waals surface area contributed by atoms with E-state index in [2.05, 4.69) is 15.5 Å². The van der Waals surface area contributed by atoms with E-state index in [9.17, 15) is 14.0 Å². The van der Waals surface area contributed by atoms with Gasteiger partial charge in [-0.05, 0) is 35.0 Å². The molecule has 2 heterocycles. The lowest BCUT2D eigenvalue weighted by atomic mass is 10.0. The molecular formula is C17H20FN5O4. The summed E-state index contributed by atoms with van der Waals surface area (Å²) in [6.07, 6.45) is -0.531. The lowest BCUT2D eigenvalue weighted by molar-refractivity contribution is -0.149. The molecule has 2 aromatic rings. The summed E-state index contributed by atoms with van der Waals surface area (Å²) < 4.78 is 20.4. The van der Waals surface area contributed by atoms with Gasteiger partial charge in [-0.3, -0.25) is 9.59 Å². The number of amides is 1. The number of benzene rings is 1. The number of carbonyl (C=O) groups is 2. The van der Waals surface area contributed by atoms with Gasteiger partial charge in [-0.15, -0.1) is 5.10 Å². The zero-order valence-corrected chi connectivity index (χ0v) is 14.8. The SMILES string of the molecule is Cc1nnnn1[C@@H](Cc1cccc(F)c1)C(=O)N1CCO[C@H](CC(=O)O)C1. The Balaban J connectivity index is 1.82. The zero-order valence-electron chi connectivity index (χ0n) is 14.8. The number of ether oxygens (including phenoxy) is 1. The van der Waals surface area contributed by atoms with Crippen molar-refractivity contribution < 1.29 is 23.8 Å². The maximum Gasteiger partial charge on any atom is 0.306 e. The van der Waals surface area contributed by atoms with Crippen LogP contribution < -0.4 is 0 Å². The molecule has 1 N–H and O–H groups in total. The minimum absolute atomic E-state index is 0.173. The van der Waals surface area contributed by atoms with Crippen LogP contribution >= 0.6 is 0 Å². The first kappa shape index (κ1) is 18.9. The first-order chi connectivity index (χ1) is 12.9. The third-order valence-electron chi connectivity index (χ3n) is 4.41. The summed E-state index contributed by atoms with van der Waals surface area (Å²) in [7, 11) is 0. The van der Waals surface area contributed by atoms with Crippen LogP contribution in [0.5, 0.6) is 0 Å². The Morgan fingerprint density at radius 3 is 2.93 bits per heavy atom. The van der Waals surface area contributed by atoms with Crippen molar-refractivity contribution in [3.63, 3.8) is 0 Å². The summed E-state index contributed by atoms with van der Waals surface area (Å²) in [6, 6.07) is 5.25. The number of carbonyl (C=O) groups excluding carboxylic acids is 1. The number of nitrogens with zero attached hydrogens (tertiary/aromatic N) is 5. The number of tetrazole rings is 1. The van der Waals surface area contributed by atoms with Crippen LogP contribution in [0.3, 0.4) is 0 Å². The van der Waals surface area contributed by atoms with E-state index in [0.29, 0.717) is 17.9 Å². The van der Waals surface area contributed by atoms with E-state index in [4.69, 9.17) is 9.84 Å². The van der Waals surface area contributed by atoms with Crippen molar-refractivity contribution in [2.45, 2.75) is 31.9 Å². The molecule has 1 aliphatic heterocycles. The standard InChI is InChI=1S/C17H20FN5O4/c1-11-19-20-21-23(11)15(8-12-3-2-4-13(18)7-12)17(26)22-5-6-27-14(10-22)9-16(24)25/h2-4,7,14-15H,5-6,8-10H2,1H3,(H,24,25)/t14-,15+/m1/s1. The Hall–Kier alpha value is -2.88. The Bertz CT molecular complexity index is 827. The summed E-state index contributed by atoms with van der Waals surface area (Å²) in [5, 5.41) is 20.3. The number of aromatic nitrogens is 4. The molecule has 9 nitrogen and oxygen atoms in total. The van der Waals surface area contributed by atoms with Crippen LogP contribution in [0, 0.1) is 12.7 Å². The van der Waals surface area contributed by atoms with Crippen molar-refractivity contribution in [1.29, 1.82) is 0 Å². The highest BCUT2D eigenvalue weighted by Gasteiger charge is 2.33. The number of hydrogen-bond acceptors (Lipinski definition) is 6. The summed E-state index contributed by atoms with van der Waals surface area (Å²) in [4.78, 5) is 25.7. The maximum atomic E-state index is 13.6. The van der Waals surface area contributed by atoms with Crippen LogP contribution in [-0.4, -0.2) is 67.9 Å². The van der Waals surface area contributed by atoms with Gasteiger partial charge in [-0.1, -0.05) is 12.1 Å². The molecule has 0 bridgehead atoms. The molecule has 0 spiro atoms. The second-order valence-corrected chi connectivity index (χ2v) is 6.40. The highest BCUT2D eigenvalue weighted by molar-refractivity contribution is 5.81. The van der Waals surface area contributed by atoms with Gasteiger partial charge in [0, 0.05) is 19.5 Å². The van der Waals surface area contributed by atoms with Gasteiger partial charge in [0.1, 0.15) is 17.7 Å². The van der Waals surface area contributed by atoms with Crippen LogP contribution in [0.15, 0.2) is 24.3 Å². The fourth-order valence-corrected chi connectivity index (χ4v) is 3.14. The molecule has 0 unspecified atom stereocenters. The lowest BCUT2D eigenvalue weighted by Crippen LogP contribution is -2.49. The molecule has 10 heteroatoms. The number of carboxylic acid groups (broad SMARTS) is 1. The quantitative estimate of drug-likeness (QED) is 0.785. The van der Waals surface area contributed by atoms with Gasteiger partial charge in [0.15, 0.2) is 0 Å². The van der Waals surface area contributed by atoms with E-state index < -0.39 is 18.1 Å². The van der Waals surface area contributed by atoms with Crippen molar-refractivity contribution >= 4 is 11.9 Å². The molecule has 3 rings (SSSR count). The number of halogens is 1. The van der Waals surface area contributed by atoms with Gasteiger partial charge in [0.25, 0.3) is 0 Å². The van der Waals surface area contributed by atoms with E-state index in [1.165, 1.54) is 16.8 Å². The van der Waals surface area contributed by atoms with Crippen molar-refractivity contribution in [3.05, 3.63) is 41.5 Å². The van der Waals surface area contributed by atoms with E-state index in [1.807, 2.05) is 0 Å². The number of carboxylic acids is 1. The van der Waals surface area contributed by atoms with Gasteiger partial charge in [0.05, 0.1) is 19.1 Å². The fourth-order valence-electron chi connectivity index (χ4n) is 3.14. The normalized spacial score (nSPS) is 18.3. The number of aliphatic carboxylic acids is 1. The van der Waals surface area contributed by atoms with Crippen LogP contribution in [0.2, 0.25) is 0 Å². The Labute approximate surface area is 154 Å². The van der Waals surface area contributed by atoms with Crippen LogP contribution in [-0.2, 0) is 20.7 Å². The maximum absolute atomic E-state index is 13.6. The van der Waals surface area contributed by atoms with Crippen molar-refractivity contribution in [3.8, 4) is 0 Å². The molecule has 1 fully saturated rings. The Morgan fingerprint density at radius 1 is 1.44 bits per heavy atom. The van der Waals surface area contributed by atoms with Gasteiger partial charge in [-0.2, -0.15) is 0 Å². The lowest BCUT2D eigenvalue weighted by Gasteiger charge is -2.34. The predicted molar refractivity (Wildman–Crippen MR) is 90.3 cm³/mol. The molecule has 1 amide bonds. The average Bonchev–Trinajstić information content (AvgIpc) is 3.04. The van der Waals surface area contributed by atoms with E-state index in [1.54, 1.807) is 24.0 Å². The smallest absolute Gasteiger partial charge is 0.306 e. The Kier molecular flexibility index (Phi) is 5.75. The summed E-state index contributed by atoms with van der Waals surface area (Å²) >= 11 is 0. The van der Waals surface area contributed by atoms with Crippen LogP contribution in [0.1, 0.15) is 23.9 Å². The molecule has 1 aliphatic rings. The molecule has 2 atom stereocenters. The van der Waals surface area contributed by atoms with Gasteiger partial charge in [-0.25, -0.2) is 9.07 Å². The Morgan fingerprint density at radius 2 is 2.26 bits per heavy atom. The minimum atomic E-state index is -0.984. The first-order valence-electron chi connectivity index (χ1n) is 8.55. The average molecular weight is 377 g/mol. The first-order valence-corrected chi connectivity index (χ1v) is 8.55. The van der Waals surface area contributed by atoms with E-state index in [0.717, 1.165) is 0 Å². The number of aryl methyl sites for hydroxylation is 1. The highest BCUT2D eigenvalue weighted by Crippen LogP contribution is 2.20. The van der Waals surface area contributed by atoms with Crippen LogP contribution in [0.4, 0.5) is 4.39 Å². The van der Waals surface area contributed by atoms with Crippen molar-refractivity contribution in [2.24, 2.45) is 0 Å². The monoisotopic (exact) mass is 377 g/mol. The van der Waals surface area contributed by atoms with Crippen molar-refractivity contribution in [1.82, 2.24) is 25.1 Å². The zero-order chi connectivity index (χ0) is 19.4. The largest absolute Gasteiger partial charge is 0.481 e. The third kappa shape index (κ3) is 4.64.